The molecule has 0 radical (unpaired) electrons. The summed E-state index contributed by atoms with van der Waals surface area (Å²) in [6.07, 6.45) is 0.373. The summed E-state index contributed by atoms with van der Waals surface area (Å²) in [5.74, 6) is 0. The van der Waals surface area contributed by atoms with Crippen molar-refractivity contribution in [3.8, 4) is 0 Å². The van der Waals surface area contributed by atoms with Gasteiger partial charge in [0.1, 0.15) is 12.3 Å². The first-order chi connectivity index (χ1) is 9.39. The van der Waals surface area contributed by atoms with Crippen molar-refractivity contribution in [2.24, 2.45) is 5.11 Å². The Morgan fingerprint density at radius 3 is 3.00 bits per heavy atom. The minimum Gasteiger partial charge on any atom is -0.444 e. The average Bonchev–Trinajstić information content (AvgIpc) is 2.75. The second-order valence-electron chi connectivity index (χ2n) is 5.65. The Morgan fingerprint density at radius 2 is 2.35 bits per heavy atom. The Morgan fingerprint density at radius 1 is 1.60 bits per heavy atom. The van der Waals surface area contributed by atoms with E-state index in [1.54, 1.807) is 9.58 Å². The molecular formula is C12H18N6O2. The van der Waals surface area contributed by atoms with Crippen molar-refractivity contribution in [3.05, 3.63) is 27.9 Å². The zero-order valence-electron chi connectivity index (χ0n) is 11.9. The highest BCUT2D eigenvalue weighted by Crippen LogP contribution is 2.17. The fourth-order valence-electron chi connectivity index (χ4n) is 1.98. The predicted octanol–water partition coefficient (Wildman–Crippen LogP) is 2.44. The van der Waals surface area contributed by atoms with E-state index in [1.165, 1.54) is 0 Å². The van der Waals surface area contributed by atoms with Gasteiger partial charge in [-0.15, -0.1) is 0 Å². The first kappa shape index (κ1) is 14.2. The molecule has 0 bridgehead atoms. The van der Waals surface area contributed by atoms with E-state index in [1.807, 2.05) is 26.8 Å². The average molecular weight is 278 g/mol. The Balaban J connectivity index is 2.05. The number of amides is 1. The number of nitrogens with zero attached hydrogens (tertiary/aromatic N) is 6. The van der Waals surface area contributed by atoms with Gasteiger partial charge in [-0.25, -0.2) is 9.48 Å². The zero-order chi connectivity index (χ0) is 14.8. The summed E-state index contributed by atoms with van der Waals surface area (Å²) < 4.78 is 7.09. The molecule has 0 aromatic carbocycles. The van der Waals surface area contributed by atoms with Gasteiger partial charge in [0.05, 0.1) is 12.2 Å². The topological polar surface area (TPSA) is 96.1 Å². The molecule has 0 fully saturated rings. The van der Waals surface area contributed by atoms with Crippen LogP contribution in [0.2, 0.25) is 0 Å². The normalized spacial score (nSPS) is 14.4. The number of ether oxygens (including phenoxy) is 1. The van der Waals surface area contributed by atoms with Gasteiger partial charge in [-0.3, -0.25) is 4.90 Å². The molecule has 20 heavy (non-hydrogen) atoms. The molecule has 108 valence electrons. The smallest absolute Gasteiger partial charge is 0.411 e. The monoisotopic (exact) mass is 278 g/mol. The molecule has 1 aromatic heterocycles. The third-order valence-corrected chi connectivity index (χ3v) is 2.80. The van der Waals surface area contributed by atoms with Crippen molar-refractivity contribution in [2.45, 2.75) is 46.0 Å². The maximum Gasteiger partial charge on any atom is 0.411 e. The van der Waals surface area contributed by atoms with Crippen LogP contribution in [0.25, 0.3) is 10.4 Å². The summed E-state index contributed by atoms with van der Waals surface area (Å²) in [5.41, 5.74) is 9.55. The first-order valence-electron chi connectivity index (χ1n) is 6.43. The van der Waals surface area contributed by atoms with E-state index >= 15 is 0 Å². The molecule has 1 aliphatic rings. The molecule has 2 heterocycles. The van der Waals surface area contributed by atoms with Gasteiger partial charge < -0.3 is 4.74 Å². The Labute approximate surface area is 116 Å². The van der Waals surface area contributed by atoms with Crippen LogP contribution >= 0.6 is 0 Å². The largest absolute Gasteiger partial charge is 0.444 e. The SMILES string of the molecule is CC(C)(C)OC(=O)N1CCc2cc(CN=[N+]=[N-])nn2C1. The molecule has 8 heteroatoms. The molecule has 8 nitrogen and oxygen atoms in total. The molecule has 0 atom stereocenters. The van der Waals surface area contributed by atoms with Crippen LogP contribution in [-0.4, -0.2) is 32.9 Å². The number of carbonyl (C=O) groups is 1. The van der Waals surface area contributed by atoms with Crippen LogP contribution in [0.15, 0.2) is 11.2 Å². The zero-order valence-corrected chi connectivity index (χ0v) is 11.9. The summed E-state index contributed by atoms with van der Waals surface area (Å²) in [4.78, 5) is 16.3. The minimum atomic E-state index is -0.506. The van der Waals surface area contributed by atoms with Crippen LogP contribution in [0.5, 0.6) is 0 Å². The second-order valence-corrected chi connectivity index (χ2v) is 5.65. The maximum absolute atomic E-state index is 12.0. The van der Waals surface area contributed by atoms with E-state index in [2.05, 4.69) is 15.1 Å². The highest BCUT2D eigenvalue weighted by molar-refractivity contribution is 5.68. The maximum atomic E-state index is 12.0. The van der Waals surface area contributed by atoms with Crippen LogP contribution in [0.1, 0.15) is 32.2 Å². The molecular weight excluding hydrogens is 260 g/mol. The minimum absolute atomic E-state index is 0.225. The van der Waals surface area contributed by atoms with Crippen molar-refractivity contribution in [1.29, 1.82) is 0 Å². The molecule has 0 aliphatic carbocycles. The molecule has 1 amide bonds. The van der Waals surface area contributed by atoms with Crippen molar-refractivity contribution in [2.75, 3.05) is 6.54 Å². The fraction of sp³-hybridized carbons (Fsp3) is 0.667. The van der Waals surface area contributed by atoms with Crippen LogP contribution in [0, 0.1) is 0 Å². The summed E-state index contributed by atoms with van der Waals surface area (Å²) in [5, 5.41) is 7.81. The highest BCUT2D eigenvalue weighted by atomic mass is 16.6. The van der Waals surface area contributed by atoms with Crippen LogP contribution < -0.4 is 0 Å². The van der Waals surface area contributed by atoms with E-state index < -0.39 is 5.60 Å². The van der Waals surface area contributed by atoms with Crippen molar-refractivity contribution >= 4 is 6.09 Å². The number of carbonyl (C=O) groups excluding carboxylic acids is 1. The lowest BCUT2D eigenvalue weighted by molar-refractivity contribution is 0.0150. The van der Waals surface area contributed by atoms with E-state index in [0.29, 0.717) is 25.3 Å². The van der Waals surface area contributed by atoms with Gasteiger partial charge in [0.2, 0.25) is 0 Å². The Kier molecular flexibility index (Phi) is 3.85. The number of rotatable bonds is 2. The number of hydrogen-bond acceptors (Lipinski definition) is 4. The summed E-state index contributed by atoms with van der Waals surface area (Å²) in [6.45, 7) is 6.70. The second kappa shape index (κ2) is 5.42. The third-order valence-electron chi connectivity index (χ3n) is 2.80. The molecule has 0 unspecified atom stereocenters. The van der Waals surface area contributed by atoms with E-state index in [4.69, 9.17) is 10.3 Å². The molecule has 0 N–H and O–H groups in total. The van der Waals surface area contributed by atoms with Gasteiger partial charge in [-0.2, -0.15) is 5.10 Å². The molecule has 1 aliphatic heterocycles. The number of azide groups is 1. The molecule has 0 saturated carbocycles. The van der Waals surface area contributed by atoms with Gasteiger partial charge in [0.25, 0.3) is 0 Å². The van der Waals surface area contributed by atoms with Crippen LogP contribution in [0.3, 0.4) is 0 Å². The molecule has 0 saturated heterocycles. The summed E-state index contributed by atoms with van der Waals surface area (Å²) in [6, 6.07) is 1.90. The van der Waals surface area contributed by atoms with Gasteiger partial charge in [-0.1, -0.05) is 5.11 Å². The summed E-state index contributed by atoms with van der Waals surface area (Å²) in [7, 11) is 0. The lowest BCUT2D eigenvalue weighted by atomic mass is 10.2. The van der Waals surface area contributed by atoms with Crippen molar-refractivity contribution in [1.82, 2.24) is 14.7 Å². The number of hydrogen-bond donors (Lipinski definition) is 0. The summed E-state index contributed by atoms with van der Waals surface area (Å²) >= 11 is 0. The van der Waals surface area contributed by atoms with E-state index in [9.17, 15) is 4.79 Å². The van der Waals surface area contributed by atoms with Crippen molar-refractivity contribution in [3.63, 3.8) is 0 Å². The van der Waals surface area contributed by atoms with Crippen LogP contribution in [0.4, 0.5) is 4.79 Å². The van der Waals surface area contributed by atoms with E-state index in [0.717, 1.165) is 5.69 Å². The Hall–Kier alpha value is -2.21. The standard InChI is InChI=1S/C12H18N6O2/c1-12(2,3)20-11(19)17-5-4-10-6-9(7-14-16-13)15-18(10)8-17/h6H,4-5,7-8H2,1-3H3. The van der Waals surface area contributed by atoms with Gasteiger partial charge in [0, 0.05) is 23.6 Å². The third kappa shape index (κ3) is 3.42. The van der Waals surface area contributed by atoms with Crippen molar-refractivity contribution < 1.29 is 9.53 Å². The van der Waals surface area contributed by atoms with Crippen LogP contribution in [-0.2, 0) is 24.4 Å². The number of aromatic nitrogens is 2. The molecule has 0 spiro atoms. The van der Waals surface area contributed by atoms with Gasteiger partial charge in [0.15, 0.2) is 0 Å². The lowest BCUT2D eigenvalue weighted by Gasteiger charge is -2.30. The first-order valence-corrected chi connectivity index (χ1v) is 6.43. The lowest BCUT2D eigenvalue weighted by Crippen LogP contribution is -2.42. The molecule has 1 aromatic rings. The van der Waals surface area contributed by atoms with E-state index in [-0.39, 0.29) is 12.6 Å². The Bertz CT molecular complexity index is 553. The highest BCUT2D eigenvalue weighted by Gasteiger charge is 2.26. The van der Waals surface area contributed by atoms with Gasteiger partial charge >= 0.3 is 6.09 Å². The fourth-order valence-corrected chi connectivity index (χ4v) is 1.98. The predicted molar refractivity (Wildman–Crippen MR) is 71.7 cm³/mol. The van der Waals surface area contributed by atoms with Gasteiger partial charge in [-0.05, 0) is 32.4 Å². The number of fused-ring (bicyclic) bond motifs is 1. The molecule has 2 rings (SSSR count). The quantitative estimate of drug-likeness (QED) is 0.472.